The molecule has 0 radical (unpaired) electrons. The number of hydrogen-bond acceptors (Lipinski definition) is 4. The molecule has 3 rings (SSSR count). The summed E-state index contributed by atoms with van der Waals surface area (Å²) in [5.41, 5.74) is 0. The van der Waals surface area contributed by atoms with Gasteiger partial charge in [-0.2, -0.15) is 0 Å². The summed E-state index contributed by atoms with van der Waals surface area (Å²) in [7, 11) is -3.08. The van der Waals surface area contributed by atoms with Crippen molar-refractivity contribution in [2.75, 3.05) is 39.4 Å². The summed E-state index contributed by atoms with van der Waals surface area (Å²) in [4.78, 5) is 0. The van der Waals surface area contributed by atoms with Crippen molar-refractivity contribution < 1.29 is 13.2 Å². The Hall–Kier alpha value is -0.170. The Labute approximate surface area is 103 Å². The highest BCUT2D eigenvalue weighted by Crippen LogP contribution is 2.31. The van der Waals surface area contributed by atoms with E-state index in [1.54, 1.807) is 4.31 Å². The number of sulfonamides is 1. The van der Waals surface area contributed by atoms with Crippen LogP contribution >= 0.6 is 0 Å². The lowest BCUT2D eigenvalue weighted by Gasteiger charge is -2.27. The minimum absolute atomic E-state index is 0.206. The summed E-state index contributed by atoms with van der Waals surface area (Å²) in [6, 6.07) is 0. The van der Waals surface area contributed by atoms with Gasteiger partial charge in [0.25, 0.3) is 0 Å². The van der Waals surface area contributed by atoms with Crippen LogP contribution in [-0.2, 0) is 14.8 Å². The molecule has 5 nitrogen and oxygen atoms in total. The van der Waals surface area contributed by atoms with E-state index in [4.69, 9.17) is 4.74 Å². The van der Waals surface area contributed by atoms with E-state index in [0.29, 0.717) is 37.9 Å². The SMILES string of the molecule is O=S(=O)(C1CCOCC1)N1CC2CNCC2C1. The molecule has 3 fully saturated rings. The van der Waals surface area contributed by atoms with Gasteiger partial charge in [0.1, 0.15) is 0 Å². The van der Waals surface area contributed by atoms with E-state index in [9.17, 15) is 8.42 Å². The second-order valence-corrected chi connectivity index (χ2v) is 7.57. The summed E-state index contributed by atoms with van der Waals surface area (Å²) in [5.74, 6) is 1.06. The van der Waals surface area contributed by atoms with Gasteiger partial charge >= 0.3 is 0 Å². The molecule has 3 aliphatic heterocycles. The Morgan fingerprint density at radius 2 is 1.65 bits per heavy atom. The number of rotatable bonds is 2. The van der Waals surface area contributed by atoms with E-state index < -0.39 is 10.0 Å². The molecular formula is C11H20N2O3S. The minimum atomic E-state index is -3.08. The van der Waals surface area contributed by atoms with E-state index in [2.05, 4.69) is 5.32 Å². The second-order valence-electron chi connectivity index (χ2n) is 5.35. The molecule has 0 aromatic heterocycles. The fraction of sp³-hybridized carbons (Fsp3) is 1.00. The van der Waals surface area contributed by atoms with E-state index in [-0.39, 0.29) is 5.25 Å². The van der Waals surface area contributed by atoms with Crippen LogP contribution in [0.4, 0.5) is 0 Å². The molecule has 0 saturated carbocycles. The van der Waals surface area contributed by atoms with Crippen molar-refractivity contribution in [2.45, 2.75) is 18.1 Å². The zero-order valence-corrected chi connectivity index (χ0v) is 10.8. The first-order chi connectivity index (χ1) is 8.18. The first kappa shape index (κ1) is 11.9. The van der Waals surface area contributed by atoms with E-state index in [1.807, 2.05) is 0 Å². The Bertz CT molecular complexity index is 366. The maximum atomic E-state index is 12.5. The van der Waals surface area contributed by atoms with Crippen molar-refractivity contribution in [2.24, 2.45) is 11.8 Å². The lowest BCUT2D eigenvalue weighted by molar-refractivity contribution is 0.0973. The van der Waals surface area contributed by atoms with Crippen LogP contribution in [0.3, 0.4) is 0 Å². The van der Waals surface area contributed by atoms with Crippen LogP contribution in [0.1, 0.15) is 12.8 Å². The fourth-order valence-electron chi connectivity index (χ4n) is 3.20. The van der Waals surface area contributed by atoms with Crippen LogP contribution in [0.2, 0.25) is 0 Å². The first-order valence-corrected chi connectivity index (χ1v) is 7.95. The monoisotopic (exact) mass is 260 g/mol. The summed E-state index contributed by atoms with van der Waals surface area (Å²) >= 11 is 0. The molecule has 0 aromatic rings. The predicted molar refractivity (Wildman–Crippen MR) is 64.2 cm³/mol. The molecule has 17 heavy (non-hydrogen) atoms. The maximum absolute atomic E-state index is 12.5. The largest absolute Gasteiger partial charge is 0.381 e. The molecule has 0 spiro atoms. The van der Waals surface area contributed by atoms with Crippen LogP contribution in [0.5, 0.6) is 0 Å². The number of ether oxygens (including phenoxy) is 1. The first-order valence-electron chi connectivity index (χ1n) is 6.45. The third kappa shape index (κ3) is 2.12. The zero-order chi connectivity index (χ0) is 11.9. The molecule has 3 aliphatic rings. The smallest absolute Gasteiger partial charge is 0.217 e. The number of hydrogen-bond donors (Lipinski definition) is 1. The number of nitrogens with zero attached hydrogens (tertiary/aromatic N) is 1. The van der Waals surface area contributed by atoms with Crippen LogP contribution in [0.25, 0.3) is 0 Å². The molecule has 0 aromatic carbocycles. The Morgan fingerprint density at radius 1 is 1.06 bits per heavy atom. The molecule has 2 atom stereocenters. The topological polar surface area (TPSA) is 58.6 Å². The van der Waals surface area contributed by atoms with Crippen LogP contribution in [-0.4, -0.2) is 57.4 Å². The van der Waals surface area contributed by atoms with Crippen molar-refractivity contribution in [3.8, 4) is 0 Å². The minimum Gasteiger partial charge on any atom is -0.381 e. The highest BCUT2D eigenvalue weighted by atomic mass is 32.2. The molecule has 3 heterocycles. The van der Waals surface area contributed by atoms with Crippen LogP contribution in [0.15, 0.2) is 0 Å². The van der Waals surface area contributed by atoms with Crippen molar-refractivity contribution in [1.29, 1.82) is 0 Å². The fourth-order valence-corrected chi connectivity index (χ4v) is 5.21. The average molecular weight is 260 g/mol. The third-order valence-electron chi connectivity index (χ3n) is 4.31. The van der Waals surface area contributed by atoms with Gasteiger partial charge < -0.3 is 10.1 Å². The van der Waals surface area contributed by atoms with E-state index >= 15 is 0 Å². The average Bonchev–Trinajstić information content (AvgIpc) is 2.90. The highest BCUT2D eigenvalue weighted by Gasteiger charge is 2.43. The van der Waals surface area contributed by atoms with E-state index in [0.717, 1.165) is 26.2 Å². The molecule has 0 bridgehead atoms. The van der Waals surface area contributed by atoms with Gasteiger partial charge in [0.05, 0.1) is 5.25 Å². The summed E-state index contributed by atoms with van der Waals surface area (Å²) in [5, 5.41) is 3.13. The molecule has 0 amide bonds. The van der Waals surface area contributed by atoms with Crippen molar-refractivity contribution in [3.63, 3.8) is 0 Å². The van der Waals surface area contributed by atoms with Gasteiger partial charge in [0.2, 0.25) is 10.0 Å². The summed E-state index contributed by atoms with van der Waals surface area (Å²) < 4.78 is 31.9. The molecule has 98 valence electrons. The Morgan fingerprint density at radius 3 is 2.24 bits per heavy atom. The zero-order valence-electron chi connectivity index (χ0n) is 9.97. The summed E-state index contributed by atoms with van der Waals surface area (Å²) in [6.45, 7) is 4.57. The van der Waals surface area contributed by atoms with Gasteiger partial charge in [-0.3, -0.25) is 0 Å². The highest BCUT2D eigenvalue weighted by molar-refractivity contribution is 7.89. The third-order valence-corrected chi connectivity index (χ3v) is 6.64. The van der Waals surface area contributed by atoms with Gasteiger partial charge in [-0.1, -0.05) is 0 Å². The van der Waals surface area contributed by atoms with Gasteiger partial charge in [-0.05, 0) is 37.8 Å². The van der Waals surface area contributed by atoms with Crippen molar-refractivity contribution in [1.82, 2.24) is 9.62 Å². The number of nitrogens with one attached hydrogen (secondary N) is 1. The molecule has 6 heteroatoms. The Balaban J connectivity index is 1.70. The van der Waals surface area contributed by atoms with Gasteiger partial charge in [-0.25, -0.2) is 12.7 Å². The number of fused-ring (bicyclic) bond motifs is 1. The lowest BCUT2D eigenvalue weighted by Crippen LogP contribution is -2.41. The van der Waals surface area contributed by atoms with Crippen molar-refractivity contribution in [3.05, 3.63) is 0 Å². The lowest BCUT2D eigenvalue weighted by atomic mass is 10.0. The van der Waals surface area contributed by atoms with E-state index in [1.165, 1.54) is 0 Å². The van der Waals surface area contributed by atoms with Gasteiger partial charge in [0.15, 0.2) is 0 Å². The molecule has 0 aliphatic carbocycles. The quantitative estimate of drug-likeness (QED) is 0.737. The Kier molecular flexibility index (Phi) is 3.15. The van der Waals surface area contributed by atoms with Crippen LogP contribution in [0, 0.1) is 11.8 Å². The second kappa shape index (κ2) is 4.50. The maximum Gasteiger partial charge on any atom is 0.217 e. The standard InChI is InChI=1S/C11H20N2O3S/c14-17(15,11-1-3-16-4-2-11)13-7-9-5-12-6-10(9)8-13/h9-12H,1-8H2. The predicted octanol–water partition coefficient (Wildman–Crippen LogP) is -0.354. The normalized spacial score (nSPS) is 36.2. The molecule has 1 N–H and O–H groups in total. The van der Waals surface area contributed by atoms with Crippen molar-refractivity contribution >= 4 is 10.0 Å². The van der Waals surface area contributed by atoms with Gasteiger partial charge in [0, 0.05) is 26.3 Å². The van der Waals surface area contributed by atoms with Crippen LogP contribution < -0.4 is 5.32 Å². The molecular weight excluding hydrogens is 240 g/mol. The van der Waals surface area contributed by atoms with Gasteiger partial charge in [-0.15, -0.1) is 0 Å². The molecule has 3 saturated heterocycles. The molecule has 2 unspecified atom stereocenters. The summed E-state index contributed by atoms with van der Waals surface area (Å²) in [6.07, 6.45) is 1.32.